The van der Waals surface area contributed by atoms with Crippen LogP contribution in [0.5, 0.6) is 0 Å². The van der Waals surface area contributed by atoms with Gasteiger partial charge in [0.2, 0.25) is 5.91 Å². The van der Waals surface area contributed by atoms with Crippen LogP contribution in [0.3, 0.4) is 0 Å². The molecule has 0 atom stereocenters. The van der Waals surface area contributed by atoms with Gasteiger partial charge in [-0.1, -0.05) is 0 Å². The fourth-order valence-corrected chi connectivity index (χ4v) is 0.158. The van der Waals surface area contributed by atoms with Crippen LogP contribution in [0.15, 0.2) is 12.2 Å². The van der Waals surface area contributed by atoms with Crippen LogP contribution in [0.1, 0.15) is 0 Å². The van der Waals surface area contributed by atoms with E-state index in [1.54, 1.807) is 0 Å². The second-order valence-electron chi connectivity index (χ2n) is 1.10. The number of hydrogen-bond donors (Lipinski definition) is 2. The number of nitrogens with one attached hydrogen (secondary N) is 1. The van der Waals surface area contributed by atoms with E-state index in [0.717, 1.165) is 12.2 Å². The van der Waals surface area contributed by atoms with Gasteiger partial charge in [0.15, 0.2) is 0 Å². The van der Waals surface area contributed by atoms with Crippen LogP contribution in [-0.2, 0) is 4.79 Å². The number of carbonyl (C=O) groups excluding carboxylic acids is 1. The van der Waals surface area contributed by atoms with Gasteiger partial charge in [0.05, 0.1) is 0 Å². The van der Waals surface area contributed by atoms with Gasteiger partial charge in [0.1, 0.15) is 0 Å². The molecule has 0 fully saturated rings. The first kappa shape index (κ1) is 6.68. The number of hydrogen-bond acceptors (Lipinski definition) is 3. The van der Waals surface area contributed by atoms with E-state index in [2.05, 4.69) is 5.73 Å². The minimum atomic E-state index is -0.927. The molecule has 0 aliphatic rings. The fourth-order valence-electron chi connectivity index (χ4n) is 0.158. The summed E-state index contributed by atoms with van der Waals surface area (Å²) in [7, 11) is 0. The van der Waals surface area contributed by atoms with E-state index in [9.17, 15) is 9.90 Å². The average Bonchev–Trinajstić information content (AvgIpc) is 1.61. The Labute approximate surface area is 46.1 Å². The molecule has 0 saturated heterocycles. The molecular weight excluding hydrogens is 108 g/mol. The molecule has 0 saturated carbocycles. The van der Waals surface area contributed by atoms with Crippen LogP contribution >= 0.6 is 0 Å². The van der Waals surface area contributed by atoms with E-state index in [1.807, 2.05) is 0 Å². The number of rotatable bonds is 2. The van der Waals surface area contributed by atoms with Gasteiger partial charge < -0.3 is 16.2 Å². The Morgan fingerprint density at radius 1 is 1.62 bits per heavy atom. The highest BCUT2D eigenvalue weighted by atomic mass is 16.3. The van der Waals surface area contributed by atoms with Crippen LogP contribution in [-0.4, -0.2) is 11.8 Å². The Morgan fingerprint density at radius 2 is 2.12 bits per heavy atom. The summed E-state index contributed by atoms with van der Waals surface area (Å²) in [6.07, 6.45) is 1.64. The third-order valence-corrected chi connectivity index (χ3v) is 0.399. The normalized spacial score (nSPS) is 9.50. The molecule has 0 rings (SSSR count). The second-order valence-corrected chi connectivity index (χ2v) is 1.10. The first-order valence-electron chi connectivity index (χ1n) is 1.86. The van der Waals surface area contributed by atoms with Gasteiger partial charge in [-0.3, -0.25) is 4.79 Å². The highest BCUT2D eigenvalue weighted by Crippen LogP contribution is 1.65. The molecule has 0 radical (unpaired) electrons. The third kappa shape index (κ3) is 4.68. The molecule has 0 unspecified atom stereocenters. The summed E-state index contributed by atoms with van der Waals surface area (Å²) in [5, 5.41) is 16.0. The van der Waals surface area contributed by atoms with E-state index < -0.39 is 11.8 Å². The summed E-state index contributed by atoms with van der Waals surface area (Å²) in [5.41, 5.74) is 4.58. The van der Waals surface area contributed by atoms with Crippen LogP contribution in [0.4, 0.5) is 0 Å². The standard InChI is InChI=1S/C4H6N2O2/c5-3(7)1-2-4(6)8/h1-2H,(H2,5,7)(H2,6,8)/p-1/b2-1-. The molecular formula is C4H5N2O2-. The summed E-state index contributed by atoms with van der Waals surface area (Å²) < 4.78 is 0. The monoisotopic (exact) mass is 113 g/mol. The van der Waals surface area contributed by atoms with Gasteiger partial charge in [-0.25, -0.2) is 0 Å². The van der Waals surface area contributed by atoms with Crippen molar-refractivity contribution in [3.05, 3.63) is 12.2 Å². The summed E-state index contributed by atoms with van der Waals surface area (Å²) >= 11 is 0. The zero-order chi connectivity index (χ0) is 6.57. The minimum absolute atomic E-state index is 0.717. The zero-order valence-electron chi connectivity index (χ0n) is 4.05. The molecule has 0 spiro atoms. The van der Waals surface area contributed by atoms with E-state index in [1.165, 1.54) is 0 Å². The number of amides is 1. The topological polar surface area (TPSA) is 90.0 Å². The zero-order valence-corrected chi connectivity index (χ0v) is 4.05. The second kappa shape index (κ2) is 2.79. The van der Waals surface area contributed by atoms with E-state index >= 15 is 0 Å². The molecule has 0 aromatic rings. The third-order valence-electron chi connectivity index (χ3n) is 0.399. The first-order chi connectivity index (χ1) is 3.63. The predicted molar refractivity (Wildman–Crippen MR) is 26.1 cm³/mol. The Morgan fingerprint density at radius 3 is 2.25 bits per heavy atom. The molecule has 1 amide bonds. The molecule has 0 aliphatic carbocycles. The Bertz CT molecular complexity index is 123. The van der Waals surface area contributed by atoms with Crippen molar-refractivity contribution in [2.75, 3.05) is 0 Å². The highest BCUT2D eigenvalue weighted by molar-refractivity contribution is 5.92. The van der Waals surface area contributed by atoms with Crippen LogP contribution in [0, 0.1) is 5.41 Å². The van der Waals surface area contributed by atoms with E-state index in [-0.39, 0.29) is 0 Å². The van der Waals surface area contributed by atoms with Crippen LogP contribution in [0.25, 0.3) is 0 Å². The number of primary amides is 1. The average molecular weight is 113 g/mol. The van der Waals surface area contributed by atoms with Crippen LogP contribution < -0.4 is 10.8 Å². The molecule has 0 heterocycles. The van der Waals surface area contributed by atoms with Crippen molar-refractivity contribution in [3.8, 4) is 0 Å². The lowest BCUT2D eigenvalue weighted by atomic mass is 10.5. The van der Waals surface area contributed by atoms with Gasteiger partial charge in [0, 0.05) is 6.08 Å². The fraction of sp³-hybridized carbons (Fsp3) is 0. The summed E-state index contributed by atoms with van der Waals surface area (Å²) in [4.78, 5) is 9.80. The van der Waals surface area contributed by atoms with Crippen molar-refractivity contribution >= 4 is 11.8 Å². The minimum Gasteiger partial charge on any atom is -0.859 e. The quantitative estimate of drug-likeness (QED) is 0.255. The number of carbonyl (C=O) groups is 1. The molecule has 4 nitrogen and oxygen atoms in total. The Balaban J connectivity index is 3.67. The Hall–Kier alpha value is -1.32. The maximum absolute atomic E-state index is 9.80. The van der Waals surface area contributed by atoms with Crippen molar-refractivity contribution in [2.24, 2.45) is 5.73 Å². The van der Waals surface area contributed by atoms with Crippen molar-refractivity contribution in [2.45, 2.75) is 0 Å². The van der Waals surface area contributed by atoms with Gasteiger partial charge in [0.25, 0.3) is 0 Å². The van der Waals surface area contributed by atoms with Crippen molar-refractivity contribution in [1.82, 2.24) is 0 Å². The van der Waals surface area contributed by atoms with Crippen molar-refractivity contribution in [3.63, 3.8) is 0 Å². The lowest BCUT2D eigenvalue weighted by molar-refractivity contribution is -0.213. The predicted octanol–water partition coefficient (Wildman–Crippen LogP) is -1.63. The summed E-state index contributed by atoms with van der Waals surface area (Å²) in [6.45, 7) is 0. The summed E-state index contributed by atoms with van der Waals surface area (Å²) in [6, 6.07) is 0. The summed E-state index contributed by atoms with van der Waals surface area (Å²) in [5.74, 6) is -1.64. The lowest BCUT2D eigenvalue weighted by Crippen LogP contribution is -2.14. The lowest BCUT2D eigenvalue weighted by Gasteiger charge is -1.94. The molecule has 8 heavy (non-hydrogen) atoms. The van der Waals surface area contributed by atoms with E-state index in [4.69, 9.17) is 5.41 Å². The molecule has 44 valence electrons. The molecule has 4 heteroatoms. The SMILES string of the molecule is N=C([O-])/C=C\C(N)=O. The maximum Gasteiger partial charge on any atom is 0.241 e. The van der Waals surface area contributed by atoms with Crippen LogP contribution in [0.2, 0.25) is 0 Å². The van der Waals surface area contributed by atoms with E-state index in [0.29, 0.717) is 0 Å². The van der Waals surface area contributed by atoms with Crippen molar-refractivity contribution < 1.29 is 9.90 Å². The molecule has 0 aliphatic heterocycles. The molecule has 0 aromatic heterocycles. The number of nitrogens with two attached hydrogens (primary N) is 1. The molecule has 0 bridgehead atoms. The molecule has 3 N–H and O–H groups in total. The smallest absolute Gasteiger partial charge is 0.241 e. The van der Waals surface area contributed by atoms with Gasteiger partial charge in [-0.15, -0.1) is 0 Å². The largest absolute Gasteiger partial charge is 0.859 e. The van der Waals surface area contributed by atoms with Crippen molar-refractivity contribution in [1.29, 1.82) is 5.41 Å². The maximum atomic E-state index is 9.80. The van der Waals surface area contributed by atoms with Gasteiger partial charge in [-0.05, 0) is 12.0 Å². The molecule has 0 aromatic carbocycles. The highest BCUT2D eigenvalue weighted by Gasteiger charge is 1.77. The van der Waals surface area contributed by atoms with Gasteiger partial charge >= 0.3 is 0 Å². The Kier molecular flexibility index (Phi) is 2.33. The van der Waals surface area contributed by atoms with Gasteiger partial charge in [-0.2, -0.15) is 0 Å². The first-order valence-corrected chi connectivity index (χ1v) is 1.86.